The van der Waals surface area contributed by atoms with Crippen molar-refractivity contribution >= 4 is 0 Å². The third kappa shape index (κ3) is 3.83. The minimum atomic E-state index is 0.467. The van der Waals surface area contributed by atoms with Gasteiger partial charge in [0.25, 0.3) is 0 Å². The topological polar surface area (TPSA) is 38.0 Å². The lowest BCUT2D eigenvalue weighted by atomic mass is 9.81. The van der Waals surface area contributed by atoms with E-state index in [4.69, 9.17) is 5.73 Å². The van der Waals surface area contributed by atoms with Crippen LogP contribution in [0.1, 0.15) is 30.9 Å². The highest BCUT2D eigenvalue weighted by Crippen LogP contribution is 2.24. The van der Waals surface area contributed by atoms with Crippen molar-refractivity contribution in [2.45, 2.75) is 45.2 Å². The van der Waals surface area contributed by atoms with Crippen molar-refractivity contribution in [1.82, 2.24) is 5.32 Å². The zero-order chi connectivity index (χ0) is 12.3. The second kappa shape index (κ2) is 5.65. The number of benzene rings is 1. The second-order valence-electron chi connectivity index (χ2n) is 5.60. The first-order valence-corrected chi connectivity index (χ1v) is 6.68. The molecule has 0 bridgehead atoms. The molecule has 0 aliphatic heterocycles. The zero-order valence-corrected chi connectivity index (χ0v) is 10.9. The molecule has 2 heteroatoms. The second-order valence-corrected chi connectivity index (χ2v) is 5.60. The molecule has 94 valence electrons. The van der Waals surface area contributed by atoms with E-state index < -0.39 is 0 Å². The molecule has 1 unspecified atom stereocenters. The van der Waals surface area contributed by atoms with E-state index in [2.05, 4.69) is 43.4 Å². The molecule has 0 amide bonds. The molecule has 0 saturated heterocycles. The van der Waals surface area contributed by atoms with E-state index in [0.29, 0.717) is 12.1 Å². The number of rotatable bonds is 5. The lowest BCUT2D eigenvalue weighted by Crippen LogP contribution is -2.43. The molecule has 1 aliphatic rings. The quantitative estimate of drug-likeness (QED) is 0.817. The predicted octanol–water partition coefficient (Wildman–Crippen LogP) is 2.25. The lowest BCUT2D eigenvalue weighted by Gasteiger charge is -2.33. The fraction of sp³-hybridized carbons (Fsp3) is 0.600. The van der Waals surface area contributed by atoms with Crippen LogP contribution in [-0.2, 0) is 6.42 Å². The molecule has 2 rings (SSSR count). The van der Waals surface area contributed by atoms with Crippen molar-refractivity contribution in [3.63, 3.8) is 0 Å². The summed E-state index contributed by atoms with van der Waals surface area (Å²) in [5.41, 5.74) is 8.53. The first-order chi connectivity index (χ1) is 8.13. The third-order valence-electron chi connectivity index (χ3n) is 3.69. The van der Waals surface area contributed by atoms with Crippen LogP contribution in [0.2, 0.25) is 0 Å². The zero-order valence-electron chi connectivity index (χ0n) is 10.9. The Morgan fingerprint density at radius 1 is 1.29 bits per heavy atom. The van der Waals surface area contributed by atoms with Crippen LogP contribution in [0.25, 0.3) is 0 Å². The smallest absolute Gasteiger partial charge is 0.00792 e. The Morgan fingerprint density at radius 2 is 1.94 bits per heavy atom. The molecular weight excluding hydrogens is 208 g/mol. The first-order valence-electron chi connectivity index (χ1n) is 6.68. The molecule has 1 saturated carbocycles. The van der Waals surface area contributed by atoms with Crippen molar-refractivity contribution in [1.29, 1.82) is 0 Å². The predicted molar refractivity (Wildman–Crippen MR) is 73.0 cm³/mol. The Kier molecular flexibility index (Phi) is 4.19. The Morgan fingerprint density at radius 3 is 2.53 bits per heavy atom. The number of aryl methyl sites for hydroxylation is 1. The monoisotopic (exact) mass is 232 g/mol. The van der Waals surface area contributed by atoms with Crippen molar-refractivity contribution in [3.05, 3.63) is 35.4 Å². The Bertz CT molecular complexity index is 338. The van der Waals surface area contributed by atoms with Crippen LogP contribution in [0.4, 0.5) is 0 Å². The van der Waals surface area contributed by atoms with E-state index in [1.165, 1.54) is 24.0 Å². The van der Waals surface area contributed by atoms with Gasteiger partial charge < -0.3 is 11.1 Å². The molecule has 0 spiro atoms. The van der Waals surface area contributed by atoms with Crippen molar-refractivity contribution < 1.29 is 0 Å². The van der Waals surface area contributed by atoms with Crippen LogP contribution < -0.4 is 11.1 Å². The maximum Gasteiger partial charge on any atom is 0.00792 e. The number of hydrogen-bond donors (Lipinski definition) is 2. The Balaban J connectivity index is 1.69. The molecule has 0 aromatic heterocycles. The molecule has 1 fully saturated rings. The summed E-state index contributed by atoms with van der Waals surface area (Å²) in [5, 5.41) is 3.61. The van der Waals surface area contributed by atoms with Gasteiger partial charge in [-0.05, 0) is 51.1 Å². The van der Waals surface area contributed by atoms with Gasteiger partial charge >= 0.3 is 0 Å². The lowest BCUT2D eigenvalue weighted by molar-refractivity contribution is 0.249. The largest absolute Gasteiger partial charge is 0.328 e. The summed E-state index contributed by atoms with van der Waals surface area (Å²) in [6, 6.07) is 9.85. The van der Waals surface area contributed by atoms with Crippen LogP contribution in [0.3, 0.4) is 0 Å². The van der Waals surface area contributed by atoms with Gasteiger partial charge in [-0.2, -0.15) is 0 Å². The highest BCUT2D eigenvalue weighted by molar-refractivity contribution is 5.21. The summed E-state index contributed by atoms with van der Waals surface area (Å²) in [5.74, 6) is 0.811. The Hall–Kier alpha value is -0.860. The first kappa shape index (κ1) is 12.6. The molecule has 3 N–H and O–H groups in total. The summed E-state index contributed by atoms with van der Waals surface area (Å²) in [7, 11) is 0. The van der Waals surface area contributed by atoms with E-state index in [1.807, 2.05) is 0 Å². The van der Waals surface area contributed by atoms with Crippen LogP contribution in [0.15, 0.2) is 24.3 Å². The highest BCUT2D eigenvalue weighted by atomic mass is 14.9. The fourth-order valence-electron chi connectivity index (χ4n) is 2.47. The average Bonchev–Trinajstić information content (AvgIpc) is 2.26. The molecule has 1 aliphatic carbocycles. The van der Waals surface area contributed by atoms with Crippen LogP contribution in [0, 0.1) is 12.8 Å². The number of hydrogen-bond acceptors (Lipinski definition) is 2. The maximum atomic E-state index is 5.79. The minimum Gasteiger partial charge on any atom is -0.328 e. The summed E-state index contributed by atoms with van der Waals surface area (Å²) >= 11 is 0. The molecular formula is C15H24N2. The van der Waals surface area contributed by atoms with Gasteiger partial charge in [0.1, 0.15) is 0 Å². The normalized spacial score (nSPS) is 25.4. The van der Waals surface area contributed by atoms with Gasteiger partial charge in [0.15, 0.2) is 0 Å². The highest BCUT2D eigenvalue weighted by Gasteiger charge is 2.25. The molecule has 17 heavy (non-hydrogen) atoms. The average molecular weight is 232 g/mol. The molecule has 0 heterocycles. The summed E-state index contributed by atoms with van der Waals surface area (Å²) in [6.07, 6.45) is 3.51. The molecule has 1 atom stereocenters. The summed E-state index contributed by atoms with van der Waals surface area (Å²) < 4.78 is 0. The number of nitrogens with one attached hydrogen (secondary N) is 1. The Labute approximate surface area is 105 Å². The van der Waals surface area contributed by atoms with Gasteiger partial charge in [-0.25, -0.2) is 0 Å². The minimum absolute atomic E-state index is 0.467. The fourth-order valence-corrected chi connectivity index (χ4v) is 2.47. The van der Waals surface area contributed by atoms with E-state index in [1.54, 1.807) is 0 Å². The van der Waals surface area contributed by atoms with Gasteiger partial charge in [-0.3, -0.25) is 0 Å². The van der Waals surface area contributed by atoms with Crippen LogP contribution >= 0.6 is 0 Å². The van der Waals surface area contributed by atoms with Crippen LogP contribution in [-0.4, -0.2) is 18.6 Å². The molecule has 1 aromatic rings. The summed E-state index contributed by atoms with van der Waals surface area (Å²) in [6.45, 7) is 5.52. The van der Waals surface area contributed by atoms with Gasteiger partial charge in [0.2, 0.25) is 0 Å². The van der Waals surface area contributed by atoms with E-state index in [0.717, 1.165) is 18.9 Å². The van der Waals surface area contributed by atoms with E-state index in [9.17, 15) is 0 Å². The standard InChI is InChI=1S/C15H24N2/c1-11-3-5-13(6-4-11)7-12(2)17-10-14-8-15(16)9-14/h3-6,12,14-15,17H,7-10,16H2,1-2H3. The molecule has 2 nitrogen and oxygen atoms in total. The van der Waals surface area contributed by atoms with E-state index >= 15 is 0 Å². The van der Waals surface area contributed by atoms with Gasteiger partial charge in [0.05, 0.1) is 0 Å². The maximum absolute atomic E-state index is 5.79. The van der Waals surface area contributed by atoms with Gasteiger partial charge in [-0.1, -0.05) is 29.8 Å². The van der Waals surface area contributed by atoms with Crippen LogP contribution in [0.5, 0.6) is 0 Å². The van der Waals surface area contributed by atoms with Gasteiger partial charge in [-0.15, -0.1) is 0 Å². The SMILES string of the molecule is Cc1ccc(CC(C)NCC2CC(N)C2)cc1. The van der Waals surface area contributed by atoms with Crippen molar-refractivity contribution in [2.75, 3.05) is 6.54 Å². The van der Waals surface area contributed by atoms with Gasteiger partial charge in [0, 0.05) is 12.1 Å². The number of nitrogens with two attached hydrogens (primary N) is 1. The van der Waals surface area contributed by atoms with Crippen molar-refractivity contribution in [3.8, 4) is 0 Å². The molecule has 0 radical (unpaired) electrons. The molecule has 1 aromatic carbocycles. The summed E-state index contributed by atoms with van der Waals surface area (Å²) in [4.78, 5) is 0. The van der Waals surface area contributed by atoms with E-state index in [-0.39, 0.29) is 0 Å². The van der Waals surface area contributed by atoms with Crippen molar-refractivity contribution in [2.24, 2.45) is 11.7 Å². The third-order valence-corrected chi connectivity index (χ3v) is 3.69.